The van der Waals surface area contributed by atoms with Gasteiger partial charge in [-0.25, -0.2) is 0 Å². The molecular formula is C23H31N. The van der Waals surface area contributed by atoms with Crippen molar-refractivity contribution in [2.24, 2.45) is 0 Å². The van der Waals surface area contributed by atoms with Gasteiger partial charge in [-0.05, 0) is 43.4 Å². The molecule has 1 nitrogen and oxygen atoms in total. The molecule has 3 rings (SSSR count). The fourth-order valence-electron chi connectivity index (χ4n) is 4.28. The Hall–Kier alpha value is -1.52. The molecule has 0 amide bonds. The van der Waals surface area contributed by atoms with Crippen molar-refractivity contribution >= 4 is 6.08 Å². The van der Waals surface area contributed by atoms with E-state index in [-0.39, 0.29) is 0 Å². The summed E-state index contributed by atoms with van der Waals surface area (Å²) in [5.74, 6) is 6.71. The third-order valence-corrected chi connectivity index (χ3v) is 5.61. The van der Waals surface area contributed by atoms with Crippen molar-refractivity contribution < 1.29 is 0 Å². The third-order valence-electron chi connectivity index (χ3n) is 5.61. The van der Waals surface area contributed by atoms with Gasteiger partial charge in [-0.2, -0.15) is 0 Å². The van der Waals surface area contributed by atoms with Crippen LogP contribution in [0.2, 0.25) is 0 Å². The van der Waals surface area contributed by atoms with Gasteiger partial charge in [-0.3, -0.25) is 4.90 Å². The lowest BCUT2D eigenvalue weighted by atomic mass is 9.88. The zero-order chi connectivity index (χ0) is 16.5. The van der Waals surface area contributed by atoms with E-state index in [1.165, 1.54) is 69.8 Å². The van der Waals surface area contributed by atoms with E-state index in [0.29, 0.717) is 0 Å². The molecule has 1 aromatic rings. The molecular weight excluding hydrogens is 290 g/mol. The monoisotopic (exact) mass is 321 g/mol. The zero-order valence-electron chi connectivity index (χ0n) is 14.9. The Kier molecular flexibility index (Phi) is 6.99. The number of hydrogen-bond acceptors (Lipinski definition) is 1. The average molecular weight is 322 g/mol. The molecule has 0 aromatic heterocycles. The van der Waals surface area contributed by atoms with Crippen molar-refractivity contribution in [3.63, 3.8) is 0 Å². The lowest BCUT2D eigenvalue weighted by Crippen LogP contribution is -2.45. The highest BCUT2D eigenvalue weighted by atomic mass is 15.2. The molecule has 0 heterocycles. The molecule has 128 valence electrons. The van der Waals surface area contributed by atoms with Crippen molar-refractivity contribution in [1.29, 1.82) is 0 Å². The minimum Gasteiger partial charge on any atom is -0.286 e. The maximum Gasteiger partial charge on any atom is 0.0610 e. The topological polar surface area (TPSA) is 3.24 Å². The molecule has 24 heavy (non-hydrogen) atoms. The lowest BCUT2D eigenvalue weighted by molar-refractivity contribution is 0.0961. The first kappa shape index (κ1) is 17.3. The van der Waals surface area contributed by atoms with Crippen LogP contribution in [0.1, 0.15) is 69.8 Å². The minimum atomic E-state index is 0.786. The van der Waals surface area contributed by atoms with Crippen LogP contribution in [0.5, 0.6) is 0 Å². The van der Waals surface area contributed by atoms with E-state index >= 15 is 0 Å². The fourth-order valence-corrected chi connectivity index (χ4v) is 4.28. The molecule has 2 fully saturated rings. The van der Waals surface area contributed by atoms with Gasteiger partial charge in [-0.1, -0.05) is 80.7 Å². The molecule has 0 aliphatic heterocycles. The van der Waals surface area contributed by atoms with E-state index in [2.05, 4.69) is 53.1 Å². The Labute approximate surface area is 148 Å². The second-order valence-electron chi connectivity index (χ2n) is 7.32. The summed E-state index contributed by atoms with van der Waals surface area (Å²) < 4.78 is 0. The second-order valence-corrected chi connectivity index (χ2v) is 7.32. The fraction of sp³-hybridized carbons (Fsp3) is 0.565. The summed E-state index contributed by atoms with van der Waals surface area (Å²) >= 11 is 0. The highest BCUT2D eigenvalue weighted by Gasteiger charge is 2.27. The first-order chi connectivity index (χ1) is 11.9. The number of benzene rings is 1. The van der Waals surface area contributed by atoms with Crippen molar-refractivity contribution in [1.82, 2.24) is 4.90 Å². The van der Waals surface area contributed by atoms with E-state index < -0.39 is 0 Å². The Bertz CT molecular complexity index is 533. The molecule has 0 bridgehead atoms. The molecule has 2 aliphatic carbocycles. The summed E-state index contributed by atoms with van der Waals surface area (Å²) in [5, 5.41) is 0. The highest BCUT2D eigenvalue weighted by molar-refractivity contribution is 5.52. The number of allylic oxidation sites excluding steroid dienone is 1. The molecule has 0 N–H and O–H groups in total. The molecule has 0 atom stereocenters. The summed E-state index contributed by atoms with van der Waals surface area (Å²) in [5.41, 5.74) is 1.23. The molecule has 1 heteroatoms. The second kappa shape index (κ2) is 9.70. The number of hydrogen-bond donors (Lipinski definition) is 0. The summed E-state index contributed by atoms with van der Waals surface area (Å²) in [7, 11) is 0. The molecule has 2 saturated carbocycles. The number of nitrogens with zero attached hydrogens (tertiary/aromatic N) is 1. The predicted octanol–water partition coefficient (Wildman–Crippen LogP) is 5.67. The average Bonchev–Trinajstić information content (AvgIpc) is 2.67. The van der Waals surface area contributed by atoms with Crippen LogP contribution in [0.4, 0.5) is 0 Å². The van der Waals surface area contributed by atoms with E-state index in [0.717, 1.165) is 18.6 Å². The third kappa shape index (κ3) is 5.25. The van der Waals surface area contributed by atoms with Crippen LogP contribution in [0.25, 0.3) is 6.08 Å². The summed E-state index contributed by atoms with van der Waals surface area (Å²) in [6.45, 7) is 0.953. The van der Waals surface area contributed by atoms with Gasteiger partial charge in [0.15, 0.2) is 0 Å². The Morgan fingerprint density at radius 2 is 1.42 bits per heavy atom. The van der Waals surface area contributed by atoms with E-state index in [4.69, 9.17) is 0 Å². The SMILES string of the molecule is C(#CCN(C1CCCCC1)C1CCCCC1)/C=C/c1ccccc1. The van der Waals surface area contributed by atoms with Crippen LogP contribution in [-0.4, -0.2) is 23.5 Å². The molecule has 0 unspecified atom stereocenters. The van der Waals surface area contributed by atoms with Gasteiger partial charge in [0.2, 0.25) is 0 Å². The van der Waals surface area contributed by atoms with E-state index in [9.17, 15) is 0 Å². The van der Waals surface area contributed by atoms with Gasteiger partial charge >= 0.3 is 0 Å². The van der Waals surface area contributed by atoms with Crippen molar-refractivity contribution in [3.05, 3.63) is 42.0 Å². The van der Waals surface area contributed by atoms with E-state index in [1.54, 1.807) is 0 Å². The van der Waals surface area contributed by atoms with Crippen LogP contribution in [0.15, 0.2) is 36.4 Å². The first-order valence-corrected chi connectivity index (χ1v) is 9.89. The molecule has 0 spiro atoms. The first-order valence-electron chi connectivity index (χ1n) is 9.89. The van der Waals surface area contributed by atoms with Gasteiger partial charge in [0.25, 0.3) is 0 Å². The zero-order valence-corrected chi connectivity index (χ0v) is 14.9. The maximum atomic E-state index is 3.44. The van der Waals surface area contributed by atoms with Crippen molar-refractivity contribution in [3.8, 4) is 11.8 Å². The van der Waals surface area contributed by atoms with Gasteiger partial charge in [-0.15, -0.1) is 0 Å². The number of rotatable bonds is 4. The summed E-state index contributed by atoms with van der Waals surface area (Å²) in [4.78, 5) is 2.77. The normalized spacial score (nSPS) is 20.2. The lowest BCUT2D eigenvalue weighted by Gasteiger charge is -2.40. The van der Waals surface area contributed by atoms with E-state index in [1.807, 2.05) is 6.08 Å². The molecule has 1 aromatic carbocycles. The van der Waals surface area contributed by atoms with Crippen LogP contribution >= 0.6 is 0 Å². The van der Waals surface area contributed by atoms with Gasteiger partial charge in [0.1, 0.15) is 0 Å². The minimum absolute atomic E-state index is 0.786. The van der Waals surface area contributed by atoms with Crippen LogP contribution in [0.3, 0.4) is 0 Å². The van der Waals surface area contributed by atoms with Crippen LogP contribution in [0, 0.1) is 11.8 Å². The van der Waals surface area contributed by atoms with Crippen LogP contribution < -0.4 is 0 Å². The van der Waals surface area contributed by atoms with Crippen molar-refractivity contribution in [2.75, 3.05) is 6.54 Å². The van der Waals surface area contributed by atoms with Gasteiger partial charge < -0.3 is 0 Å². The highest BCUT2D eigenvalue weighted by Crippen LogP contribution is 2.29. The molecule has 0 radical (unpaired) electrons. The quantitative estimate of drug-likeness (QED) is 0.646. The van der Waals surface area contributed by atoms with Crippen LogP contribution in [-0.2, 0) is 0 Å². The molecule has 2 aliphatic rings. The summed E-state index contributed by atoms with van der Waals surface area (Å²) in [6.07, 6.45) is 18.2. The Morgan fingerprint density at radius 1 is 0.833 bits per heavy atom. The standard InChI is InChI=1S/C23H31N/c1-5-13-21(14-6-1)15-7-4-12-20-24(22-16-8-2-9-17-22)23-18-10-3-11-19-23/h1,5-7,13-15,22-23H,2-3,8-11,16-20H2/b15-7+. The maximum absolute atomic E-state index is 3.44. The van der Waals surface area contributed by atoms with Gasteiger partial charge in [0.05, 0.1) is 6.54 Å². The Morgan fingerprint density at radius 3 is 2.00 bits per heavy atom. The predicted molar refractivity (Wildman–Crippen MR) is 104 cm³/mol. The largest absolute Gasteiger partial charge is 0.286 e. The van der Waals surface area contributed by atoms with Gasteiger partial charge in [0, 0.05) is 12.1 Å². The van der Waals surface area contributed by atoms with Crippen molar-refractivity contribution in [2.45, 2.75) is 76.3 Å². The molecule has 0 saturated heterocycles. The smallest absolute Gasteiger partial charge is 0.0610 e. The summed E-state index contributed by atoms with van der Waals surface area (Å²) in [6, 6.07) is 12.0. The Balaban J connectivity index is 1.59.